The van der Waals surface area contributed by atoms with Crippen LogP contribution in [0.1, 0.15) is 38.2 Å². The highest BCUT2D eigenvalue weighted by atomic mass is 32.1. The third-order valence-electron chi connectivity index (χ3n) is 4.55. The van der Waals surface area contributed by atoms with Crippen LogP contribution in [-0.4, -0.2) is 22.4 Å². The van der Waals surface area contributed by atoms with E-state index in [1.807, 2.05) is 29.8 Å². The highest BCUT2D eigenvalue weighted by molar-refractivity contribution is 7.14. The van der Waals surface area contributed by atoms with Crippen LogP contribution in [0.15, 0.2) is 36.5 Å². The van der Waals surface area contributed by atoms with Gasteiger partial charge in [0.25, 0.3) is 0 Å². The van der Waals surface area contributed by atoms with Crippen molar-refractivity contribution in [2.75, 3.05) is 6.61 Å². The van der Waals surface area contributed by atoms with Crippen molar-refractivity contribution in [3.05, 3.63) is 63.0 Å². The quantitative estimate of drug-likeness (QED) is 0.660. The van der Waals surface area contributed by atoms with Gasteiger partial charge >= 0.3 is 5.97 Å². The molecule has 3 aromatic rings. The smallest absolute Gasteiger partial charge is 0.348 e. The number of rotatable bonds is 4. The summed E-state index contributed by atoms with van der Waals surface area (Å²) in [7, 11) is 0. The molecular weight excluding hydrogens is 332 g/mol. The van der Waals surface area contributed by atoms with Crippen LogP contribution in [0.25, 0.3) is 11.3 Å². The minimum absolute atomic E-state index is 0.205. The summed E-state index contributed by atoms with van der Waals surface area (Å²) in [4.78, 5) is 14.1. The molecule has 0 atom stereocenters. The van der Waals surface area contributed by atoms with Crippen molar-refractivity contribution in [2.24, 2.45) is 0 Å². The molecule has 4 rings (SSSR count). The van der Waals surface area contributed by atoms with Crippen LogP contribution < -0.4 is 0 Å². The lowest BCUT2D eigenvalue weighted by Crippen LogP contribution is -2.09. The van der Waals surface area contributed by atoms with Gasteiger partial charge in [0.1, 0.15) is 4.88 Å². The van der Waals surface area contributed by atoms with Crippen LogP contribution in [0.4, 0.5) is 0 Å². The molecule has 0 saturated carbocycles. The van der Waals surface area contributed by atoms with Crippen LogP contribution in [0, 0.1) is 6.92 Å². The van der Waals surface area contributed by atoms with E-state index in [2.05, 4.69) is 25.3 Å². The maximum absolute atomic E-state index is 12.3. The first-order valence-corrected chi connectivity index (χ1v) is 9.39. The Hall–Kier alpha value is -2.40. The molecule has 0 amide bonds. The SMILES string of the molecule is CCOC(=O)c1sc(C)c2c1CCc1cn(Cc3ccccc3)nc1-2. The fourth-order valence-electron chi connectivity index (χ4n) is 3.47. The number of thiophene rings is 1. The number of carbonyl (C=O) groups is 1. The van der Waals surface area contributed by atoms with Gasteiger partial charge in [-0.25, -0.2) is 4.79 Å². The number of ether oxygens (including phenoxy) is 1. The average molecular weight is 352 g/mol. The van der Waals surface area contributed by atoms with E-state index in [-0.39, 0.29) is 5.97 Å². The number of hydrogen-bond acceptors (Lipinski definition) is 4. The molecule has 4 nitrogen and oxygen atoms in total. The summed E-state index contributed by atoms with van der Waals surface area (Å²) in [5.74, 6) is -0.205. The summed E-state index contributed by atoms with van der Waals surface area (Å²) in [5, 5.41) is 4.84. The molecule has 25 heavy (non-hydrogen) atoms. The van der Waals surface area contributed by atoms with E-state index in [1.165, 1.54) is 22.5 Å². The van der Waals surface area contributed by atoms with Crippen molar-refractivity contribution in [1.29, 1.82) is 0 Å². The van der Waals surface area contributed by atoms with E-state index in [0.717, 1.165) is 46.0 Å². The molecule has 5 heteroatoms. The Balaban J connectivity index is 1.71. The molecule has 1 aliphatic rings. The maximum Gasteiger partial charge on any atom is 0.348 e. The van der Waals surface area contributed by atoms with E-state index in [4.69, 9.17) is 9.84 Å². The van der Waals surface area contributed by atoms with Crippen molar-refractivity contribution >= 4 is 17.3 Å². The maximum atomic E-state index is 12.3. The molecule has 0 aliphatic heterocycles. The zero-order chi connectivity index (χ0) is 17.4. The largest absolute Gasteiger partial charge is 0.462 e. The number of esters is 1. The molecule has 0 spiro atoms. The number of fused-ring (bicyclic) bond motifs is 3. The molecule has 128 valence electrons. The number of aryl methyl sites for hydroxylation is 2. The van der Waals surface area contributed by atoms with Crippen molar-refractivity contribution in [3.8, 4) is 11.3 Å². The lowest BCUT2D eigenvalue weighted by molar-refractivity contribution is 0.0531. The predicted molar refractivity (Wildman–Crippen MR) is 99.2 cm³/mol. The summed E-state index contributed by atoms with van der Waals surface area (Å²) in [6.07, 6.45) is 3.93. The second-order valence-corrected chi connectivity index (χ2v) is 7.47. The van der Waals surface area contributed by atoms with Crippen LogP contribution >= 0.6 is 11.3 Å². The highest BCUT2D eigenvalue weighted by Gasteiger charge is 2.29. The van der Waals surface area contributed by atoms with Gasteiger partial charge in [-0.15, -0.1) is 11.3 Å². The van der Waals surface area contributed by atoms with E-state index < -0.39 is 0 Å². The number of aromatic nitrogens is 2. The Morgan fingerprint density at radius 2 is 2.08 bits per heavy atom. The second kappa shape index (κ2) is 6.48. The Labute approximate surface area is 151 Å². The first kappa shape index (κ1) is 16.1. The molecular formula is C20H20N2O2S. The minimum atomic E-state index is -0.205. The van der Waals surface area contributed by atoms with Gasteiger partial charge in [0.15, 0.2) is 0 Å². The van der Waals surface area contributed by atoms with Gasteiger partial charge in [-0.05, 0) is 43.4 Å². The van der Waals surface area contributed by atoms with Crippen molar-refractivity contribution in [1.82, 2.24) is 9.78 Å². The fourth-order valence-corrected chi connectivity index (χ4v) is 4.57. The Morgan fingerprint density at radius 3 is 2.84 bits per heavy atom. The van der Waals surface area contributed by atoms with Gasteiger partial charge in [-0.1, -0.05) is 30.3 Å². The Morgan fingerprint density at radius 1 is 1.28 bits per heavy atom. The monoisotopic (exact) mass is 352 g/mol. The van der Waals surface area contributed by atoms with Crippen molar-refractivity contribution in [2.45, 2.75) is 33.2 Å². The third-order valence-corrected chi connectivity index (χ3v) is 5.68. The van der Waals surface area contributed by atoms with Gasteiger partial charge in [0.05, 0.1) is 18.8 Å². The van der Waals surface area contributed by atoms with Crippen LogP contribution in [0.3, 0.4) is 0 Å². The Bertz CT molecular complexity index is 925. The predicted octanol–water partition coefficient (Wildman–Crippen LogP) is 4.24. The van der Waals surface area contributed by atoms with Crippen molar-refractivity contribution in [3.63, 3.8) is 0 Å². The van der Waals surface area contributed by atoms with Gasteiger partial charge in [-0.2, -0.15) is 5.10 Å². The number of hydrogen-bond donors (Lipinski definition) is 0. The molecule has 2 aromatic heterocycles. The zero-order valence-corrected chi connectivity index (χ0v) is 15.2. The van der Waals surface area contributed by atoms with E-state index in [1.54, 1.807) is 0 Å². The summed E-state index contributed by atoms with van der Waals surface area (Å²) in [5.41, 5.74) is 5.78. The standard InChI is InChI=1S/C20H20N2O2S/c1-3-24-20(23)19-16-10-9-15-12-22(11-14-7-5-4-6-8-14)21-18(15)17(16)13(2)25-19/h4-8,12H,3,9-11H2,1-2H3. The molecule has 0 bridgehead atoms. The Kier molecular flexibility index (Phi) is 4.17. The van der Waals surface area contributed by atoms with Gasteiger partial charge in [0, 0.05) is 16.6 Å². The van der Waals surface area contributed by atoms with Gasteiger partial charge in [0.2, 0.25) is 0 Å². The molecule has 2 heterocycles. The first-order chi connectivity index (χ1) is 12.2. The molecule has 1 aliphatic carbocycles. The first-order valence-electron chi connectivity index (χ1n) is 8.57. The molecule has 0 saturated heterocycles. The fraction of sp³-hybridized carbons (Fsp3) is 0.300. The second-order valence-electron chi connectivity index (χ2n) is 6.25. The zero-order valence-electron chi connectivity index (χ0n) is 14.4. The van der Waals surface area contributed by atoms with E-state index >= 15 is 0 Å². The summed E-state index contributed by atoms with van der Waals surface area (Å²) >= 11 is 1.53. The molecule has 0 N–H and O–H groups in total. The average Bonchev–Trinajstić information content (AvgIpc) is 3.16. The topological polar surface area (TPSA) is 44.1 Å². The lowest BCUT2D eigenvalue weighted by atomic mass is 9.91. The molecule has 1 aromatic carbocycles. The molecule has 0 unspecified atom stereocenters. The van der Waals surface area contributed by atoms with E-state index in [0.29, 0.717) is 6.61 Å². The number of nitrogens with zero attached hydrogens (tertiary/aromatic N) is 2. The lowest BCUT2D eigenvalue weighted by Gasteiger charge is -2.13. The third kappa shape index (κ3) is 2.89. The molecule has 0 radical (unpaired) electrons. The van der Waals surface area contributed by atoms with Gasteiger partial charge in [-0.3, -0.25) is 4.68 Å². The summed E-state index contributed by atoms with van der Waals surface area (Å²) in [6.45, 7) is 5.07. The number of carbonyl (C=O) groups excluding carboxylic acids is 1. The highest BCUT2D eigenvalue weighted by Crippen LogP contribution is 2.41. The van der Waals surface area contributed by atoms with Crippen LogP contribution in [-0.2, 0) is 24.1 Å². The van der Waals surface area contributed by atoms with Crippen molar-refractivity contribution < 1.29 is 9.53 Å². The number of benzene rings is 1. The van der Waals surface area contributed by atoms with E-state index in [9.17, 15) is 4.79 Å². The van der Waals surface area contributed by atoms with Crippen LogP contribution in [0.5, 0.6) is 0 Å². The molecule has 0 fully saturated rings. The van der Waals surface area contributed by atoms with Crippen LogP contribution in [0.2, 0.25) is 0 Å². The van der Waals surface area contributed by atoms with Gasteiger partial charge < -0.3 is 4.74 Å². The summed E-state index contributed by atoms with van der Waals surface area (Å²) < 4.78 is 7.24. The minimum Gasteiger partial charge on any atom is -0.462 e. The normalized spacial score (nSPS) is 12.6. The summed E-state index contributed by atoms with van der Waals surface area (Å²) in [6, 6.07) is 10.3.